The molecule has 1 saturated carbocycles. The molecule has 2 fully saturated rings. The van der Waals surface area contributed by atoms with Crippen LogP contribution in [0, 0.1) is 5.92 Å². The van der Waals surface area contributed by atoms with Crippen LogP contribution in [-0.2, 0) is 10.0 Å². The molecule has 164 valence electrons. The van der Waals surface area contributed by atoms with E-state index in [9.17, 15) is 13.5 Å². The number of sulfonamides is 1. The molecule has 3 aromatic rings. The van der Waals surface area contributed by atoms with E-state index >= 15 is 0 Å². The van der Waals surface area contributed by atoms with Gasteiger partial charge in [0.1, 0.15) is 0 Å². The summed E-state index contributed by atoms with van der Waals surface area (Å²) in [4.78, 5) is 19.1. The van der Waals surface area contributed by atoms with Crippen molar-refractivity contribution >= 4 is 44.3 Å². The quantitative estimate of drug-likeness (QED) is 0.455. The SMILES string of the molecule is CS(=O)(=O)Nc1cccc(Nc2nc(N3[C@H](CO)C[C@@H]4CCC[C@@H]43)c3nc[nH]c3n2)c1. The normalized spacial score (nSPS) is 23.3. The Morgan fingerprint density at radius 2 is 2.10 bits per heavy atom. The first kappa shape index (κ1) is 20.0. The third kappa shape index (κ3) is 3.90. The molecular formula is C20H25N7O3S. The van der Waals surface area contributed by atoms with E-state index in [1.807, 2.05) is 6.07 Å². The van der Waals surface area contributed by atoms with Gasteiger partial charge in [-0.1, -0.05) is 12.5 Å². The highest BCUT2D eigenvalue weighted by molar-refractivity contribution is 7.92. The molecule has 0 spiro atoms. The fraction of sp³-hybridized carbons (Fsp3) is 0.450. The van der Waals surface area contributed by atoms with Gasteiger partial charge in [0.15, 0.2) is 17.0 Å². The van der Waals surface area contributed by atoms with Crippen LogP contribution >= 0.6 is 0 Å². The van der Waals surface area contributed by atoms with E-state index in [2.05, 4.69) is 29.9 Å². The van der Waals surface area contributed by atoms with Crippen molar-refractivity contribution in [2.45, 2.75) is 37.8 Å². The number of anilines is 4. The summed E-state index contributed by atoms with van der Waals surface area (Å²) in [6.45, 7) is 0.0743. The van der Waals surface area contributed by atoms with Crippen LogP contribution in [0.4, 0.5) is 23.1 Å². The molecule has 31 heavy (non-hydrogen) atoms. The number of rotatable bonds is 6. The average molecular weight is 444 g/mol. The number of benzene rings is 1. The van der Waals surface area contributed by atoms with Crippen LogP contribution in [0.5, 0.6) is 0 Å². The summed E-state index contributed by atoms with van der Waals surface area (Å²) in [7, 11) is -3.38. The minimum Gasteiger partial charge on any atom is -0.394 e. The fourth-order valence-corrected chi connectivity index (χ4v) is 5.50. The second-order valence-electron chi connectivity index (χ2n) is 8.29. The second kappa shape index (κ2) is 7.65. The van der Waals surface area contributed by atoms with Gasteiger partial charge >= 0.3 is 0 Å². The fourth-order valence-electron chi connectivity index (χ4n) is 4.94. The van der Waals surface area contributed by atoms with Crippen LogP contribution in [-0.4, -0.2) is 58.4 Å². The van der Waals surface area contributed by atoms with Crippen molar-refractivity contribution in [3.05, 3.63) is 30.6 Å². The Bertz CT molecular complexity index is 1210. The molecule has 3 heterocycles. The molecule has 1 saturated heterocycles. The van der Waals surface area contributed by atoms with E-state index in [-0.39, 0.29) is 12.6 Å². The van der Waals surface area contributed by atoms with Crippen LogP contribution in [0.25, 0.3) is 11.2 Å². The van der Waals surface area contributed by atoms with Crippen LogP contribution in [0.3, 0.4) is 0 Å². The number of aromatic amines is 1. The largest absolute Gasteiger partial charge is 0.394 e. The summed E-state index contributed by atoms with van der Waals surface area (Å²) in [5.74, 6) is 1.66. The number of imidazole rings is 1. The topological polar surface area (TPSA) is 136 Å². The van der Waals surface area contributed by atoms with Gasteiger partial charge in [-0.15, -0.1) is 0 Å². The van der Waals surface area contributed by atoms with E-state index in [0.29, 0.717) is 46.3 Å². The number of hydrogen-bond acceptors (Lipinski definition) is 8. The number of hydrogen-bond donors (Lipinski definition) is 4. The van der Waals surface area contributed by atoms with Crippen LogP contribution in [0.2, 0.25) is 0 Å². The van der Waals surface area contributed by atoms with Crippen molar-refractivity contribution in [3.8, 4) is 0 Å². The summed E-state index contributed by atoms with van der Waals surface area (Å²) in [6, 6.07) is 7.28. The lowest BCUT2D eigenvalue weighted by atomic mass is 10.0. The number of nitrogens with one attached hydrogen (secondary N) is 3. The first-order valence-corrected chi connectivity index (χ1v) is 12.3. The first-order valence-electron chi connectivity index (χ1n) is 10.4. The molecule has 2 aliphatic rings. The average Bonchev–Trinajstić information content (AvgIpc) is 3.41. The lowest BCUT2D eigenvalue weighted by Crippen LogP contribution is -2.39. The van der Waals surface area contributed by atoms with Crippen molar-refractivity contribution in [1.29, 1.82) is 0 Å². The van der Waals surface area contributed by atoms with Crippen molar-refractivity contribution in [2.24, 2.45) is 5.92 Å². The van der Waals surface area contributed by atoms with Gasteiger partial charge in [-0.25, -0.2) is 13.4 Å². The third-order valence-electron chi connectivity index (χ3n) is 6.08. The lowest BCUT2D eigenvalue weighted by Gasteiger charge is -2.30. The van der Waals surface area contributed by atoms with Crippen molar-refractivity contribution < 1.29 is 13.5 Å². The molecule has 2 aromatic heterocycles. The maximum absolute atomic E-state index is 11.5. The van der Waals surface area contributed by atoms with Gasteiger partial charge in [0.2, 0.25) is 16.0 Å². The third-order valence-corrected chi connectivity index (χ3v) is 6.69. The Morgan fingerprint density at radius 1 is 1.26 bits per heavy atom. The van der Waals surface area contributed by atoms with E-state index in [1.54, 1.807) is 24.5 Å². The molecule has 11 heteroatoms. The Morgan fingerprint density at radius 3 is 2.90 bits per heavy atom. The molecule has 0 radical (unpaired) electrons. The van der Waals surface area contributed by atoms with Gasteiger partial charge in [0, 0.05) is 11.7 Å². The Balaban J connectivity index is 1.51. The summed E-state index contributed by atoms with van der Waals surface area (Å²) in [5, 5.41) is 13.2. The summed E-state index contributed by atoms with van der Waals surface area (Å²) in [5.41, 5.74) is 2.39. The predicted molar refractivity (Wildman–Crippen MR) is 119 cm³/mol. The summed E-state index contributed by atoms with van der Waals surface area (Å²) >= 11 is 0. The number of fused-ring (bicyclic) bond motifs is 2. The molecule has 1 aliphatic carbocycles. The van der Waals surface area contributed by atoms with Gasteiger partial charge in [-0.3, -0.25) is 4.72 Å². The van der Waals surface area contributed by atoms with Gasteiger partial charge < -0.3 is 20.3 Å². The minimum atomic E-state index is -3.38. The summed E-state index contributed by atoms with van der Waals surface area (Å²) < 4.78 is 25.5. The van der Waals surface area contributed by atoms with E-state index < -0.39 is 10.0 Å². The highest BCUT2D eigenvalue weighted by Gasteiger charge is 2.44. The number of aliphatic hydroxyl groups excluding tert-OH is 1. The summed E-state index contributed by atoms with van der Waals surface area (Å²) in [6.07, 6.45) is 7.11. The first-order chi connectivity index (χ1) is 14.9. The van der Waals surface area contributed by atoms with Crippen molar-refractivity contribution in [2.75, 3.05) is 27.8 Å². The van der Waals surface area contributed by atoms with Crippen LogP contribution in [0.1, 0.15) is 25.7 Å². The van der Waals surface area contributed by atoms with Gasteiger partial charge in [0.25, 0.3) is 0 Å². The zero-order valence-electron chi connectivity index (χ0n) is 17.1. The monoisotopic (exact) mass is 443 g/mol. The molecule has 0 bridgehead atoms. The molecule has 0 amide bonds. The molecular weight excluding hydrogens is 418 g/mol. The number of aromatic nitrogens is 4. The Hall–Kier alpha value is -2.92. The minimum absolute atomic E-state index is 0.0141. The highest BCUT2D eigenvalue weighted by Crippen LogP contribution is 2.44. The van der Waals surface area contributed by atoms with Crippen LogP contribution < -0.4 is 14.9 Å². The number of H-pyrrole nitrogens is 1. The number of aliphatic hydroxyl groups is 1. The van der Waals surface area contributed by atoms with E-state index in [4.69, 9.17) is 4.98 Å². The maximum Gasteiger partial charge on any atom is 0.231 e. The predicted octanol–water partition coefficient (Wildman–Crippen LogP) is 2.21. The molecule has 1 aliphatic heterocycles. The van der Waals surface area contributed by atoms with Crippen LogP contribution in [0.15, 0.2) is 30.6 Å². The molecule has 3 atom stereocenters. The lowest BCUT2D eigenvalue weighted by molar-refractivity contribution is 0.260. The molecule has 5 rings (SSSR count). The van der Waals surface area contributed by atoms with E-state index in [0.717, 1.165) is 19.1 Å². The smallest absolute Gasteiger partial charge is 0.231 e. The highest BCUT2D eigenvalue weighted by atomic mass is 32.2. The second-order valence-corrected chi connectivity index (χ2v) is 10.0. The van der Waals surface area contributed by atoms with Crippen molar-refractivity contribution in [3.63, 3.8) is 0 Å². The van der Waals surface area contributed by atoms with Gasteiger partial charge in [-0.05, 0) is 43.4 Å². The number of nitrogens with zero attached hydrogens (tertiary/aromatic N) is 4. The molecule has 1 aromatic carbocycles. The van der Waals surface area contributed by atoms with E-state index in [1.165, 1.54) is 12.8 Å². The molecule has 4 N–H and O–H groups in total. The maximum atomic E-state index is 11.5. The van der Waals surface area contributed by atoms with Gasteiger partial charge in [0.05, 0.1) is 30.9 Å². The zero-order valence-corrected chi connectivity index (χ0v) is 17.9. The standard InChI is InChI=1S/C20H25N7O3S/c1-31(29,30)26-14-6-3-5-13(9-14)23-20-24-18-17(21-11-22-18)19(25-20)27-15(10-28)8-12-4-2-7-16(12)27/h3,5-6,9,11-12,15-16,26,28H,2,4,7-8,10H2,1H3,(H2,21,22,23,24,25)/t12-,15-,16-/m0/s1. The molecule has 10 nitrogen and oxygen atoms in total. The van der Waals surface area contributed by atoms with Gasteiger partial charge in [-0.2, -0.15) is 9.97 Å². The Kier molecular flexibility index (Phi) is 4.94. The molecule has 0 unspecified atom stereocenters. The Labute approximate surface area is 180 Å². The zero-order chi connectivity index (χ0) is 21.6. The van der Waals surface area contributed by atoms with Crippen molar-refractivity contribution in [1.82, 2.24) is 19.9 Å².